The maximum atomic E-state index is 2.77. The first kappa shape index (κ1) is 20.6. The van der Waals surface area contributed by atoms with Gasteiger partial charge < -0.3 is 0 Å². The summed E-state index contributed by atoms with van der Waals surface area (Å²) < 4.78 is 0. The van der Waals surface area contributed by atoms with E-state index in [0.29, 0.717) is 10.8 Å². The molecule has 5 aliphatic carbocycles. The highest BCUT2D eigenvalue weighted by Crippen LogP contribution is 2.90. The van der Waals surface area contributed by atoms with Gasteiger partial charge in [0.2, 0.25) is 0 Å². The third-order valence-corrected chi connectivity index (χ3v) is 12.0. The van der Waals surface area contributed by atoms with Crippen LogP contribution in [-0.2, 0) is 0 Å². The second-order valence-electron chi connectivity index (χ2n) is 13.1. The molecule has 4 saturated carbocycles. The molecule has 0 aromatic carbocycles. The van der Waals surface area contributed by atoms with E-state index in [2.05, 4.69) is 47.6 Å². The van der Waals surface area contributed by atoms with E-state index in [9.17, 15) is 0 Å². The summed E-state index contributed by atoms with van der Waals surface area (Å²) >= 11 is 0. The van der Waals surface area contributed by atoms with Gasteiger partial charge in [-0.05, 0) is 110 Å². The number of fused-ring (bicyclic) bond motifs is 1. The summed E-state index contributed by atoms with van der Waals surface area (Å²) in [5.74, 6) is 6.79. The minimum atomic E-state index is 0.644. The van der Waals surface area contributed by atoms with Crippen molar-refractivity contribution in [3.8, 4) is 0 Å². The standard InChI is InChI=1S/C29H48/c1-7-22(19(2)3)9-8-21(5)24-10-11-25-27(24,6)15-14-26-28-16-12-20(4)18-23(28)13-17-29(25,26)28/h13,19-22,24-26H,7-12,14-18H2,1-6H3. The summed E-state index contributed by atoms with van der Waals surface area (Å²) in [6.45, 7) is 15.2. The van der Waals surface area contributed by atoms with Crippen molar-refractivity contribution in [2.24, 2.45) is 57.7 Å². The van der Waals surface area contributed by atoms with Crippen LogP contribution in [0.1, 0.15) is 112 Å². The van der Waals surface area contributed by atoms with Gasteiger partial charge in [-0.1, -0.05) is 66.0 Å². The molecule has 9 atom stereocenters. The van der Waals surface area contributed by atoms with Crippen molar-refractivity contribution in [2.45, 2.75) is 112 Å². The number of hydrogen-bond donors (Lipinski definition) is 0. The van der Waals surface area contributed by atoms with E-state index in [1.165, 1.54) is 44.9 Å². The van der Waals surface area contributed by atoms with Crippen LogP contribution in [0.2, 0.25) is 0 Å². The highest BCUT2D eigenvalue weighted by molar-refractivity contribution is 5.46. The first-order valence-corrected chi connectivity index (χ1v) is 13.5. The molecule has 0 saturated heterocycles. The molecule has 0 aromatic rings. The van der Waals surface area contributed by atoms with Crippen molar-refractivity contribution < 1.29 is 0 Å². The average Bonchev–Trinajstić information content (AvgIpc) is 2.92. The Labute approximate surface area is 181 Å². The Morgan fingerprint density at radius 1 is 1.00 bits per heavy atom. The van der Waals surface area contributed by atoms with Gasteiger partial charge in [0.25, 0.3) is 0 Å². The summed E-state index contributed by atoms with van der Waals surface area (Å²) in [6, 6.07) is 0. The Kier molecular flexibility index (Phi) is 4.89. The lowest BCUT2D eigenvalue weighted by atomic mass is 9.57. The maximum absolute atomic E-state index is 2.77. The molecular formula is C29H48. The quantitative estimate of drug-likeness (QED) is 0.394. The fourth-order valence-corrected chi connectivity index (χ4v) is 10.6. The van der Waals surface area contributed by atoms with E-state index < -0.39 is 0 Å². The van der Waals surface area contributed by atoms with E-state index in [1.54, 1.807) is 25.7 Å². The van der Waals surface area contributed by atoms with Crippen molar-refractivity contribution in [3.05, 3.63) is 11.6 Å². The molecule has 0 bridgehead atoms. The number of rotatable bonds is 6. The van der Waals surface area contributed by atoms with Crippen LogP contribution in [-0.4, -0.2) is 0 Å². The number of allylic oxidation sites excluding steroid dienone is 2. The van der Waals surface area contributed by atoms with Crippen LogP contribution < -0.4 is 0 Å². The molecule has 0 N–H and O–H groups in total. The Bertz CT molecular complexity index is 672. The second-order valence-corrected chi connectivity index (χ2v) is 13.1. The summed E-state index contributed by atoms with van der Waals surface area (Å²) in [6.07, 6.45) is 19.2. The lowest BCUT2D eigenvalue weighted by Gasteiger charge is -2.47. The summed E-state index contributed by atoms with van der Waals surface area (Å²) in [5.41, 5.74) is 4.02. The van der Waals surface area contributed by atoms with Gasteiger partial charge >= 0.3 is 0 Å². The van der Waals surface area contributed by atoms with Crippen molar-refractivity contribution in [2.75, 3.05) is 0 Å². The maximum Gasteiger partial charge on any atom is 0.00113 e. The fraction of sp³-hybridized carbons (Fsp3) is 0.931. The Hall–Kier alpha value is -0.260. The molecular weight excluding hydrogens is 348 g/mol. The lowest BCUT2D eigenvalue weighted by Crippen LogP contribution is -2.40. The summed E-state index contributed by atoms with van der Waals surface area (Å²) in [5, 5.41) is 0. The van der Waals surface area contributed by atoms with Gasteiger partial charge in [-0.25, -0.2) is 0 Å². The molecule has 0 heterocycles. The highest BCUT2D eigenvalue weighted by atomic mass is 14.9. The molecule has 2 spiro atoms. The molecule has 0 aliphatic heterocycles. The van der Waals surface area contributed by atoms with Gasteiger partial charge in [-0.2, -0.15) is 0 Å². The topological polar surface area (TPSA) is 0 Å². The molecule has 29 heavy (non-hydrogen) atoms. The second kappa shape index (κ2) is 6.87. The third-order valence-electron chi connectivity index (χ3n) is 12.0. The zero-order valence-electron chi connectivity index (χ0n) is 20.4. The largest absolute Gasteiger partial charge is 0.0841 e. The highest BCUT2D eigenvalue weighted by Gasteiger charge is 2.84. The Balaban J connectivity index is 1.33. The summed E-state index contributed by atoms with van der Waals surface area (Å²) in [4.78, 5) is 0. The zero-order chi connectivity index (χ0) is 20.6. The van der Waals surface area contributed by atoms with Crippen LogP contribution in [0.4, 0.5) is 0 Å². The predicted octanol–water partition coefficient (Wildman–Crippen LogP) is 8.66. The lowest BCUT2D eigenvalue weighted by molar-refractivity contribution is 0.0155. The van der Waals surface area contributed by atoms with Crippen LogP contribution in [0.25, 0.3) is 0 Å². The van der Waals surface area contributed by atoms with E-state index in [1.807, 2.05) is 5.57 Å². The molecule has 5 rings (SSSR count). The van der Waals surface area contributed by atoms with E-state index in [-0.39, 0.29) is 0 Å². The van der Waals surface area contributed by atoms with Crippen LogP contribution in [0.5, 0.6) is 0 Å². The minimum Gasteiger partial charge on any atom is -0.0841 e. The van der Waals surface area contributed by atoms with E-state index in [4.69, 9.17) is 0 Å². The Morgan fingerprint density at radius 3 is 2.52 bits per heavy atom. The SMILES string of the molecule is CCC(CCC(C)C1CCC2C1(C)CCC1C34CCC(C)CC3=CCC214)C(C)C. The molecule has 0 amide bonds. The molecule has 0 radical (unpaired) electrons. The third kappa shape index (κ3) is 2.56. The van der Waals surface area contributed by atoms with E-state index in [0.717, 1.165) is 46.8 Å². The average molecular weight is 397 g/mol. The molecule has 9 unspecified atom stereocenters. The van der Waals surface area contributed by atoms with Crippen molar-refractivity contribution in [3.63, 3.8) is 0 Å². The van der Waals surface area contributed by atoms with Gasteiger partial charge in [-0.15, -0.1) is 0 Å². The zero-order valence-corrected chi connectivity index (χ0v) is 20.4. The molecule has 164 valence electrons. The monoisotopic (exact) mass is 396 g/mol. The molecule has 0 nitrogen and oxygen atoms in total. The first-order valence-electron chi connectivity index (χ1n) is 13.5. The van der Waals surface area contributed by atoms with Crippen molar-refractivity contribution in [1.82, 2.24) is 0 Å². The van der Waals surface area contributed by atoms with Gasteiger partial charge in [0, 0.05) is 5.41 Å². The fourth-order valence-electron chi connectivity index (χ4n) is 10.6. The summed E-state index contributed by atoms with van der Waals surface area (Å²) in [7, 11) is 0. The number of hydrogen-bond acceptors (Lipinski definition) is 0. The van der Waals surface area contributed by atoms with Crippen molar-refractivity contribution in [1.29, 1.82) is 0 Å². The van der Waals surface area contributed by atoms with Gasteiger partial charge in [0.05, 0.1) is 0 Å². The Morgan fingerprint density at radius 2 is 1.79 bits per heavy atom. The van der Waals surface area contributed by atoms with Gasteiger partial charge in [0.1, 0.15) is 0 Å². The molecule has 0 heteroatoms. The van der Waals surface area contributed by atoms with Crippen LogP contribution >= 0.6 is 0 Å². The molecule has 0 aromatic heterocycles. The van der Waals surface area contributed by atoms with Crippen LogP contribution in [0.3, 0.4) is 0 Å². The molecule has 4 fully saturated rings. The van der Waals surface area contributed by atoms with Gasteiger partial charge in [-0.3, -0.25) is 0 Å². The van der Waals surface area contributed by atoms with Gasteiger partial charge in [0.15, 0.2) is 0 Å². The van der Waals surface area contributed by atoms with Crippen molar-refractivity contribution >= 4 is 0 Å². The van der Waals surface area contributed by atoms with E-state index >= 15 is 0 Å². The predicted molar refractivity (Wildman–Crippen MR) is 125 cm³/mol. The smallest absolute Gasteiger partial charge is 0.00113 e. The van der Waals surface area contributed by atoms with Crippen LogP contribution in [0.15, 0.2) is 11.6 Å². The molecule has 5 aliphatic rings. The first-order chi connectivity index (χ1) is 13.8. The van der Waals surface area contributed by atoms with Crippen LogP contribution in [0, 0.1) is 57.7 Å². The minimum absolute atomic E-state index is 0.644. The normalized spacial score (nSPS) is 49.7.